The molecule has 3 N–H and O–H groups in total. The van der Waals surface area contributed by atoms with Crippen LogP contribution in [0.1, 0.15) is 73.6 Å². The van der Waals surface area contributed by atoms with Gasteiger partial charge in [-0.05, 0) is 63.7 Å². The van der Waals surface area contributed by atoms with Crippen LogP contribution in [0.5, 0.6) is 0 Å². The van der Waals surface area contributed by atoms with E-state index >= 15 is 0 Å². The number of nitrogens with one attached hydrogen (secondary N) is 1. The number of rotatable bonds is 3. The number of hydrogen-bond donors (Lipinski definition) is 3. The second kappa shape index (κ2) is 6.15. The molecule has 6 heteroatoms. The highest BCUT2D eigenvalue weighted by atomic mass is 16.6. The molecule has 144 valence electrons. The molecule has 0 spiro atoms. The van der Waals surface area contributed by atoms with E-state index in [4.69, 9.17) is 4.74 Å². The van der Waals surface area contributed by atoms with Crippen molar-refractivity contribution < 1.29 is 24.5 Å². The molecule has 0 aromatic carbocycles. The van der Waals surface area contributed by atoms with Crippen LogP contribution in [0, 0.1) is 16.2 Å². The lowest BCUT2D eigenvalue weighted by atomic mass is 9.47. The minimum Gasteiger partial charge on any atom is -0.480 e. The highest BCUT2D eigenvalue weighted by molar-refractivity contribution is 5.81. The summed E-state index contributed by atoms with van der Waals surface area (Å²) in [7, 11) is 0. The molecule has 2 bridgehead atoms. The predicted octanol–water partition coefficient (Wildman–Crippen LogP) is 3.32. The van der Waals surface area contributed by atoms with Crippen molar-refractivity contribution in [2.45, 2.75) is 91.4 Å². The van der Waals surface area contributed by atoms with Crippen LogP contribution in [0.4, 0.5) is 4.79 Å². The smallest absolute Gasteiger partial charge is 0.408 e. The van der Waals surface area contributed by atoms with Crippen LogP contribution in [0.2, 0.25) is 0 Å². The lowest BCUT2D eigenvalue weighted by molar-refractivity contribution is -0.157. The van der Waals surface area contributed by atoms with Gasteiger partial charge in [0.05, 0.1) is 6.10 Å². The number of carboxylic acids is 1. The maximum absolute atomic E-state index is 12.2. The number of ether oxygens (including phenoxy) is 1. The number of fused-ring (bicyclic) bond motifs is 2. The Bertz CT molecular complexity index is 549. The van der Waals surface area contributed by atoms with E-state index in [9.17, 15) is 19.8 Å². The number of carboxylic acid groups (broad SMARTS) is 1. The SMILES string of the molecule is CC1(C)CC2(C)CC(O)CC(C(NC(=O)OC(C)(C)C)C(=O)O)(C1)C2. The minimum atomic E-state index is -1.07. The van der Waals surface area contributed by atoms with E-state index < -0.39 is 35.2 Å². The molecule has 0 heterocycles. The largest absolute Gasteiger partial charge is 0.480 e. The number of aliphatic carboxylic acids is 1. The van der Waals surface area contributed by atoms with Crippen molar-refractivity contribution in [1.82, 2.24) is 5.32 Å². The summed E-state index contributed by atoms with van der Waals surface area (Å²) in [6.45, 7) is 11.6. The number of alkyl carbamates (subject to hydrolysis) is 1. The molecule has 2 saturated carbocycles. The quantitative estimate of drug-likeness (QED) is 0.722. The predicted molar refractivity (Wildman–Crippen MR) is 94.2 cm³/mol. The van der Waals surface area contributed by atoms with Gasteiger partial charge >= 0.3 is 12.1 Å². The van der Waals surface area contributed by atoms with Crippen LogP contribution in [0.25, 0.3) is 0 Å². The molecule has 0 aromatic heterocycles. The Hall–Kier alpha value is -1.30. The molecular formula is C19H33NO5. The molecule has 0 radical (unpaired) electrons. The van der Waals surface area contributed by atoms with Crippen molar-refractivity contribution in [2.75, 3.05) is 0 Å². The molecule has 4 atom stereocenters. The summed E-state index contributed by atoms with van der Waals surface area (Å²) in [5, 5.41) is 22.9. The first-order valence-electron chi connectivity index (χ1n) is 9.06. The zero-order chi connectivity index (χ0) is 19.3. The van der Waals surface area contributed by atoms with Gasteiger partial charge < -0.3 is 20.3 Å². The second-order valence-corrected chi connectivity index (χ2v) is 10.3. The molecule has 6 nitrogen and oxygen atoms in total. The average Bonchev–Trinajstić information content (AvgIpc) is 2.28. The highest BCUT2D eigenvalue weighted by Gasteiger charge is 2.59. The average molecular weight is 355 g/mol. The molecule has 4 unspecified atom stereocenters. The Morgan fingerprint density at radius 1 is 1.12 bits per heavy atom. The van der Waals surface area contributed by atoms with Gasteiger partial charge in [-0.25, -0.2) is 9.59 Å². The maximum atomic E-state index is 12.2. The standard InChI is InChI=1S/C19H33NO5/c1-16(2,3)25-15(24)20-13(14(22)23)19-8-12(21)7-18(6,11-19)9-17(4,5)10-19/h12-13,21H,7-11H2,1-6H3,(H,20,24)(H,22,23). The second-order valence-electron chi connectivity index (χ2n) is 10.3. The molecule has 25 heavy (non-hydrogen) atoms. The van der Waals surface area contributed by atoms with Gasteiger partial charge in [0.1, 0.15) is 11.6 Å². The molecule has 2 aliphatic rings. The van der Waals surface area contributed by atoms with Crippen LogP contribution in [-0.2, 0) is 9.53 Å². The first-order valence-corrected chi connectivity index (χ1v) is 9.06. The van der Waals surface area contributed by atoms with Crippen molar-refractivity contribution in [1.29, 1.82) is 0 Å². The molecular weight excluding hydrogens is 322 g/mol. The molecule has 2 aliphatic carbocycles. The maximum Gasteiger partial charge on any atom is 0.408 e. The van der Waals surface area contributed by atoms with Gasteiger partial charge in [0.15, 0.2) is 0 Å². The Morgan fingerprint density at radius 2 is 1.72 bits per heavy atom. The Labute approximate surface area is 150 Å². The summed E-state index contributed by atoms with van der Waals surface area (Å²) in [6, 6.07) is -1.07. The van der Waals surface area contributed by atoms with E-state index in [-0.39, 0.29) is 10.8 Å². The third kappa shape index (κ3) is 4.66. The summed E-state index contributed by atoms with van der Waals surface area (Å²) in [5.74, 6) is -1.07. The fraction of sp³-hybridized carbons (Fsp3) is 0.895. The monoisotopic (exact) mass is 355 g/mol. The number of hydrogen-bond acceptors (Lipinski definition) is 4. The number of carbonyl (C=O) groups is 2. The van der Waals surface area contributed by atoms with Gasteiger partial charge in [-0.15, -0.1) is 0 Å². The van der Waals surface area contributed by atoms with E-state index in [0.717, 1.165) is 6.42 Å². The first-order chi connectivity index (χ1) is 11.2. The Balaban J connectivity index is 2.34. The van der Waals surface area contributed by atoms with Crippen molar-refractivity contribution in [3.05, 3.63) is 0 Å². The number of aliphatic hydroxyl groups is 1. The summed E-state index contributed by atoms with van der Waals surface area (Å²) < 4.78 is 5.27. The topological polar surface area (TPSA) is 95.9 Å². The van der Waals surface area contributed by atoms with Crippen LogP contribution >= 0.6 is 0 Å². The molecule has 0 aliphatic heterocycles. The molecule has 2 rings (SSSR count). The summed E-state index contributed by atoms with van der Waals surface area (Å²) in [5.41, 5.74) is -1.53. The van der Waals surface area contributed by atoms with Gasteiger partial charge in [0.2, 0.25) is 0 Å². The Kier molecular flexibility index (Phi) is 4.92. The van der Waals surface area contributed by atoms with Crippen molar-refractivity contribution >= 4 is 12.1 Å². The van der Waals surface area contributed by atoms with E-state index in [2.05, 4.69) is 26.1 Å². The fourth-order valence-electron chi connectivity index (χ4n) is 5.77. The number of amides is 1. The number of aliphatic hydroxyl groups excluding tert-OH is 1. The van der Waals surface area contributed by atoms with Crippen LogP contribution < -0.4 is 5.32 Å². The van der Waals surface area contributed by atoms with Crippen molar-refractivity contribution in [3.8, 4) is 0 Å². The molecule has 0 aromatic rings. The lowest BCUT2D eigenvalue weighted by Gasteiger charge is -2.59. The highest BCUT2D eigenvalue weighted by Crippen LogP contribution is 2.62. The zero-order valence-corrected chi connectivity index (χ0v) is 16.3. The summed E-state index contributed by atoms with van der Waals surface area (Å²) in [6.07, 6.45) is 2.08. The van der Waals surface area contributed by atoms with Crippen molar-refractivity contribution in [2.24, 2.45) is 16.2 Å². The minimum absolute atomic E-state index is 0.0452. The van der Waals surface area contributed by atoms with E-state index in [0.29, 0.717) is 25.7 Å². The molecule has 0 saturated heterocycles. The van der Waals surface area contributed by atoms with Crippen LogP contribution in [0.3, 0.4) is 0 Å². The summed E-state index contributed by atoms with van der Waals surface area (Å²) in [4.78, 5) is 24.3. The van der Waals surface area contributed by atoms with E-state index in [1.807, 2.05) is 0 Å². The van der Waals surface area contributed by atoms with Gasteiger partial charge in [-0.1, -0.05) is 20.8 Å². The fourth-order valence-corrected chi connectivity index (χ4v) is 5.77. The third-order valence-electron chi connectivity index (χ3n) is 5.41. The van der Waals surface area contributed by atoms with Crippen LogP contribution in [0.15, 0.2) is 0 Å². The Morgan fingerprint density at radius 3 is 2.24 bits per heavy atom. The van der Waals surface area contributed by atoms with Crippen molar-refractivity contribution in [3.63, 3.8) is 0 Å². The van der Waals surface area contributed by atoms with E-state index in [1.165, 1.54) is 0 Å². The number of carbonyl (C=O) groups excluding carboxylic acids is 1. The van der Waals surface area contributed by atoms with Crippen LogP contribution in [-0.4, -0.2) is 40.0 Å². The van der Waals surface area contributed by atoms with Gasteiger partial charge in [-0.2, -0.15) is 0 Å². The third-order valence-corrected chi connectivity index (χ3v) is 5.41. The zero-order valence-electron chi connectivity index (χ0n) is 16.3. The molecule has 2 fully saturated rings. The summed E-state index contributed by atoms with van der Waals surface area (Å²) >= 11 is 0. The van der Waals surface area contributed by atoms with Gasteiger partial charge in [-0.3, -0.25) is 0 Å². The van der Waals surface area contributed by atoms with E-state index in [1.54, 1.807) is 20.8 Å². The normalized spacial score (nSPS) is 35.6. The lowest BCUT2D eigenvalue weighted by Crippen LogP contribution is -2.61. The van der Waals surface area contributed by atoms with Gasteiger partial charge in [0, 0.05) is 5.41 Å². The molecule has 1 amide bonds. The first kappa shape index (κ1) is 20.0. The van der Waals surface area contributed by atoms with Gasteiger partial charge in [0.25, 0.3) is 0 Å².